The number of rotatable bonds is 5. The lowest BCUT2D eigenvalue weighted by Gasteiger charge is -2.35. The molecule has 1 fully saturated rings. The van der Waals surface area contributed by atoms with Crippen LogP contribution in [0.4, 0.5) is 17.3 Å². The molecule has 3 heterocycles. The van der Waals surface area contributed by atoms with E-state index < -0.39 is 0 Å². The van der Waals surface area contributed by atoms with Gasteiger partial charge in [0.25, 0.3) is 0 Å². The normalized spacial score (nSPS) is 15.4. The van der Waals surface area contributed by atoms with Crippen LogP contribution >= 0.6 is 0 Å². The summed E-state index contributed by atoms with van der Waals surface area (Å²) < 4.78 is 0. The SMILES string of the molecule is CCc1c(N)cc(N2CCN(Cc3[nH]c4ccccc4c3CC)CC2)nc1N. The van der Waals surface area contributed by atoms with Crippen LogP contribution in [-0.4, -0.2) is 41.0 Å². The number of pyridine rings is 1. The summed E-state index contributed by atoms with van der Waals surface area (Å²) in [6.07, 6.45) is 1.86. The number of nitrogens with zero attached hydrogens (tertiary/aromatic N) is 3. The largest absolute Gasteiger partial charge is 0.398 e. The van der Waals surface area contributed by atoms with Gasteiger partial charge in [0.1, 0.15) is 11.6 Å². The summed E-state index contributed by atoms with van der Waals surface area (Å²) in [5.41, 5.74) is 18.0. The van der Waals surface area contributed by atoms with Gasteiger partial charge >= 0.3 is 0 Å². The maximum Gasteiger partial charge on any atom is 0.133 e. The van der Waals surface area contributed by atoms with Gasteiger partial charge in [-0.2, -0.15) is 0 Å². The molecule has 1 aromatic carbocycles. The van der Waals surface area contributed by atoms with Crippen LogP contribution in [0.2, 0.25) is 0 Å². The van der Waals surface area contributed by atoms with E-state index in [1.807, 2.05) is 6.07 Å². The van der Waals surface area contributed by atoms with Crippen molar-refractivity contribution in [3.05, 3.63) is 47.2 Å². The summed E-state index contributed by atoms with van der Waals surface area (Å²) in [7, 11) is 0. The molecule has 4 rings (SSSR count). The predicted molar refractivity (Wildman–Crippen MR) is 118 cm³/mol. The minimum atomic E-state index is 0.561. The highest BCUT2D eigenvalue weighted by Gasteiger charge is 2.21. The van der Waals surface area contributed by atoms with Crippen molar-refractivity contribution in [3.8, 4) is 0 Å². The first kappa shape index (κ1) is 18.6. The molecule has 0 amide bonds. The Balaban J connectivity index is 1.45. The molecular formula is C22H30N6. The lowest BCUT2D eigenvalue weighted by molar-refractivity contribution is 0.246. The molecular weight excluding hydrogens is 348 g/mol. The molecule has 0 radical (unpaired) electrons. The van der Waals surface area contributed by atoms with Crippen molar-refractivity contribution in [2.24, 2.45) is 0 Å². The van der Waals surface area contributed by atoms with Crippen LogP contribution in [0.1, 0.15) is 30.7 Å². The number of aromatic nitrogens is 2. The number of hydrogen-bond acceptors (Lipinski definition) is 5. The van der Waals surface area contributed by atoms with Crippen molar-refractivity contribution >= 4 is 28.2 Å². The molecule has 1 aliphatic rings. The van der Waals surface area contributed by atoms with E-state index in [1.54, 1.807) is 0 Å². The third-order valence-corrected chi connectivity index (χ3v) is 5.86. The monoisotopic (exact) mass is 378 g/mol. The van der Waals surface area contributed by atoms with Crippen LogP contribution in [0.25, 0.3) is 10.9 Å². The fourth-order valence-corrected chi connectivity index (χ4v) is 4.30. The van der Waals surface area contributed by atoms with Crippen molar-refractivity contribution in [1.29, 1.82) is 0 Å². The van der Waals surface area contributed by atoms with Crippen molar-refractivity contribution in [3.63, 3.8) is 0 Å². The Morgan fingerprint density at radius 2 is 1.71 bits per heavy atom. The fraction of sp³-hybridized carbons (Fsp3) is 0.409. The first-order valence-corrected chi connectivity index (χ1v) is 10.2. The molecule has 0 spiro atoms. The number of nitrogens with one attached hydrogen (secondary N) is 1. The Hall–Kier alpha value is -2.73. The molecule has 0 atom stereocenters. The number of aromatic amines is 1. The van der Waals surface area contributed by atoms with Gasteiger partial charge in [0.2, 0.25) is 0 Å². The van der Waals surface area contributed by atoms with Crippen LogP contribution < -0.4 is 16.4 Å². The van der Waals surface area contributed by atoms with E-state index in [-0.39, 0.29) is 0 Å². The average molecular weight is 379 g/mol. The van der Waals surface area contributed by atoms with Crippen molar-refractivity contribution in [2.75, 3.05) is 42.5 Å². The highest BCUT2D eigenvalue weighted by Crippen LogP contribution is 2.27. The third-order valence-electron chi connectivity index (χ3n) is 5.86. The van der Waals surface area contributed by atoms with E-state index in [4.69, 9.17) is 11.5 Å². The predicted octanol–water partition coefficient (Wildman–Crippen LogP) is 3.17. The van der Waals surface area contributed by atoms with Gasteiger partial charge in [-0.3, -0.25) is 4.90 Å². The van der Waals surface area contributed by atoms with Gasteiger partial charge < -0.3 is 21.4 Å². The number of nitrogens with two attached hydrogens (primary N) is 2. The zero-order valence-electron chi connectivity index (χ0n) is 16.8. The first-order chi connectivity index (χ1) is 13.6. The van der Waals surface area contributed by atoms with Gasteiger partial charge in [-0.1, -0.05) is 32.0 Å². The fourth-order valence-electron chi connectivity index (χ4n) is 4.30. The highest BCUT2D eigenvalue weighted by atomic mass is 15.3. The second-order valence-electron chi connectivity index (χ2n) is 7.53. The smallest absolute Gasteiger partial charge is 0.133 e. The Kier molecular flexibility index (Phi) is 5.13. The number of anilines is 3. The number of fused-ring (bicyclic) bond motifs is 1. The van der Waals surface area contributed by atoms with Crippen LogP contribution in [-0.2, 0) is 19.4 Å². The molecule has 2 aromatic heterocycles. The van der Waals surface area contributed by atoms with E-state index >= 15 is 0 Å². The number of benzene rings is 1. The number of H-pyrrole nitrogens is 1. The Morgan fingerprint density at radius 1 is 1.00 bits per heavy atom. The maximum absolute atomic E-state index is 6.18. The van der Waals surface area contributed by atoms with Crippen molar-refractivity contribution < 1.29 is 0 Å². The van der Waals surface area contributed by atoms with Crippen molar-refractivity contribution in [1.82, 2.24) is 14.9 Å². The first-order valence-electron chi connectivity index (χ1n) is 10.2. The molecule has 1 aliphatic heterocycles. The zero-order valence-corrected chi connectivity index (χ0v) is 16.8. The molecule has 6 nitrogen and oxygen atoms in total. The highest BCUT2D eigenvalue weighted by molar-refractivity contribution is 5.84. The van der Waals surface area contributed by atoms with Crippen LogP contribution in [0.5, 0.6) is 0 Å². The molecule has 3 aromatic rings. The molecule has 28 heavy (non-hydrogen) atoms. The number of aryl methyl sites for hydroxylation is 1. The van der Waals surface area contributed by atoms with Gasteiger partial charge in [0, 0.05) is 66.6 Å². The minimum Gasteiger partial charge on any atom is -0.398 e. The van der Waals surface area contributed by atoms with Gasteiger partial charge in [0.05, 0.1) is 0 Å². The summed E-state index contributed by atoms with van der Waals surface area (Å²) in [4.78, 5) is 13.0. The lowest BCUT2D eigenvalue weighted by atomic mass is 10.1. The van der Waals surface area contributed by atoms with E-state index in [1.165, 1.54) is 22.2 Å². The Labute approximate surface area is 166 Å². The van der Waals surface area contributed by atoms with E-state index in [2.05, 4.69) is 57.9 Å². The maximum atomic E-state index is 6.18. The molecule has 0 aliphatic carbocycles. The summed E-state index contributed by atoms with van der Waals surface area (Å²) in [6, 6.07) is 10.6. The van der Waals surface area contributed by atoms with Gasteiger partial charge in [-0.15, -0.1) is 0 Å². The zero-order chi connectivity index (χ0) is 19.7. The molecule has 0 unspecified atom stereocenters. The number of hydrogen-bond donors (Lipinski definition) is 3. The summed E-state index contributed by atoms with van der Waals surface area (Å²) >= 11 is 0. The summed E-state index contributed by atoms with van der Waals surface area (Å²) in [6.45, 7) is 9.09. The van der Waals surface area contributed by atoms with Gasteiger partial charge in [-0.25, -0.2) is 4.98 Å². The Bertz CT molecular complexity index is 945. The van der Waals surface area contributed by atoms with Gasteiger partial charge in [0.15, 0.2) is 0 Å². The third kappa shape index (κ3) is 3.40. The van der Waals surface area contributed by atoms with Crippen LogP contribution in [0, 0.1) is 0 Å². The van der Waals surface area contributed by atoms with Crippen LogP contribution in [0.15, 0.2) is 30.3 Å². The van der Waals surface area contributed by atoms with E-state index in [9.17, 15) is 0 Å². The average Bonchev–Trinajstić information content (AvgIpc) is 3.05. The van der Waals surface area contributed by atoms with Crippen LogP contribution in [0.3, 0.4) is 0 Å². The second-order valence-corrected chi connectivity index (χ2v) is 7.53. The molecule has 6 heteroatoms. The summed E-state index contributed by atoms with van der Waals surface area (Å²) in [5, 5.41) is 1.35. The topological polar surface area (TPSA) is 87.2 Å². The molecule has 0 bridgehead atoms. The van der Waals surface area contributed by atoms with E-state index in [0.29, 0.717) is 5.82 Å². The summed E-state index contributed by atoms with van der Waals surface area (Å²) in [5.74, 6) is 1.46. The quantitative estimate of drug-likeness (QED) is 0.635. The number of nitrogen functional groups attached to an aromatic ring is 2. The van der Waals surface area contributed by atoms with Gasteiger partial charge in [-0.05, 0) is 24.5 Å². The van der Waals surface area contributed by atoms with Crippen molar-refractivity contribution in [2.45, 2.75) is 33.2 Å². The number of piperazine rings is 1. The molecule has 1 saturated heterocycles. The Morgan fingerprint density at radius 3 is 2.39 bits per heavy atom. The molecule has 148 valence electrons. The van der Waals surface area contributed by atoms with E-state index in [0.717, 1.165) is 62.6 Å². The molecule has 5 N–H and O–H groups in total. The lowest BCUT2D eigenvalue weighted by Crippen LogP contribution is -2.46. The molecule has 0 saturated carbocycles. The standard InChI is InChI=1S/C22H30N6/c1-3-15-17-7-5-6-8-19(17)25-20(15)14-27-9-11-28(12-10-27)21-13-18(23)16(4-2)22(24)26-21/h5-8,13,25H,3-4,9-12,14H2,1-2H3,(H4,23,24,26). The minimum absolute atomic E-state index is 0.561. The second kappa shape index (κ2) is 7.72. The number of para-hydroxylation sites is 1.